The smallest absolute Gasteiger partial charge is 0.119 e. The van der Waals surface area contributed by atoms with Crippen molar-refractivity contribution in [1.82, 2.24) is 10.2 Å². The SMILES string of the molecule is CCCN(CC1C2CNC[C@H]21)[C@@H]1CCc2ccc(OC)cc2C1. The Balaban J connectivity index is 1.44. The van der Waals surface area contributed by atoms with Gasteiger partial charge in [0.05, 0.1) is 7.11 Å². The molecule has 23 heavy (non-hydrogen) atoms. The maximum atomic E-state index is 5.43. The van der Waals surface area contributed by atoms with Gasteiger partial charge in [0, 0.05) is 12.6 Å². The van der Waals surface area contributed by atoms with Crippen LogP contribution >= 0.6 is 0 Å². The third kappa shape index (κ3) is 3.01. The van der Waals surface area contributed by atoms with Crippen LogP contribution < -0.4 is 10.1 Å². The van der Waals surface area contributed by atoms with Crippen molar-refractivity contribution in [3.8, 4) is 5.75 Å². The lowest BCUT2D eigenvalue weighted by Gasteiger charge is -2.35. The van der Waals surface area contributed by atoms with Crippen molar-refractivity contribution in [1.29, 1.82) is 0 Å². The number of piperidine rings is 1. The fourth-order valence-corrected chi connectivity index (χ4v) is 4.95. The number of nitrogens with zero attached hydrogens (tertiary/aromatic N) is 1. The van der Waals surface area contributed by atoms with E-state index < -0.39 is 0 Å². The van der Waals surface area contributed by atoms with Crippen LogP contribution in [0.4, 0.5) is 0 Å². The zero-order valence-electron chi connectivity index (χ0n) is 14.6. The summed E-state index contributed by atoms with van der Waals surface area (Å²) in [6.07, 6.45) is 5.01. The first kappa shape index (κ1) is 15.5. The van der Waals surface area contributed by atoms with E-state index in [0.29, 0.717) is 0 Å². The normalized spacial score (nSPS) is 31.8. The molecule has 1 N–H and O–H groups in total. The van der Waals surface area contributed by atoms with Gasteiger partial charge in [0.15, 0.2) is 0 Å². The monoisotopic (exact) mass is 314 g/mol. The molecule has 0 radical (unpaired) electrons. The molecule has 1 aliphatic heterocycles. The van der Waals surface area contributed by atoms with Crippen LogP contribution in [0.3, 0.4) is 0 Å². The highest BCUT2D eigenvalue weighted by Gasteiger charge is 2.53. The van der Waals surface area contributed by atoms with E-state index in [4.69, 9.17) is 4.74 Å². The van der Waals surface area contributed by atoms with Gasteiger partial charge >= 0.3 is 0 Å². The van der Waals surface area contributed by atoms with Gasteiger partial charge in [0.2, 0.25) is 0 Å². The molecule has 0 amide bonds. The Labute approximate surface area is 140 Å². The largest absolute Gasteiger partial charge is 0.497 e. The molecule has 1 saturated carbocycles. The standard InChI is InChI=1S/C20H30N2O/c1-3-8-22(13-20-18-11-21-12-19(18)20)16-6-4-14-5-7-17(23-2)10-15(14)9-16/h5,7,10,16,18-21H,3-4,6,8-9,11-13H2,1-2H3/t16-,18-,19?,20?/m1/s1. The van der Waals surface area contributed by atoms with E-state index >= 15 is 0 Å². The van der Waals surface area contributed by atoms with Crippen molar-refractivity contribution < 1.29 is 4.74 Å². The molecule has 4 atom stereocenters. The number of methoxy groups -OCH3 is 1. The summed E-state index contributed by atoms with van der Waals surface area (Å²) in [7, 11) is 1.77. The van der Waals surface area contributed by atoms with E-state index in [1.54, 1.807) is 7.11 Å². The Hall–Kier alpha value is -1.06. The van der Waals surface area contributed by atoms with Crippen LogP contribution in [0, 0.1) is 17.8 Å². The topological polar surface area (TPSA) is 24.5 Å². The molecule has 3 heteroatoms. The van der Waals surface area contributed by atoms with Gasteiger partial charge in [-0.05, 0) is 86.3 Å². The van der Waals surface area contributed by atoms with Gasteiger partial charge in [-0.2, -0.15) is 0 Å². The summed E-state index contributed by atoms with van der Waals surface area (Å²) in [6.45, 7) is 7.43. The van der Waals surface area contributed by atoms with Crippen LogP contribution in [0.2, 0.25) is 0 Å². The summed E-state index contributed by atoms with van der Waals surface area (Å²) >= 11 is 0. The molecule has 1 saturated heterocycles. The average Bonchev–Trinajstić information content (AvgIpc) is 3.01. The van der Waals surface area contributed by atoms with Crippen molar-refractivity contribution >= 4 is 0 Å². The van der Waals surface area contributed by atoms with Crippen LogP contribution in [0.15, 0.2) is 18.2 Å². The van der Waals surface area contributed by atoms with E-state index in [2.05, 4.69) is 35.3 Å². The number of hydrogen-bond acceptors (Lipinski definition) is 3. The summed E-state index contributed by atoms with van der Waals surface area (Å²) in [6, 6.07) is 7.37. The first-order valence-corrected chi connectivity index (χ1v) is 9.40. The van der Waals surface area contributed by atoms with Gasteiger partial charge in [0.1, 0.15) is 5.75 Å². The first-order valence-electron chi connectivity index (χ1n) is 9.40. The first-order chi connectivity index (χ1) is 11.3. The molecular weight excluding hydrogens is 284 g/mol. The minimum absolute atomic E-state index is 0.726. The van der Waals surface area contributed by atoms with Crippen molar-refractivity contribution in [2.24, 2.45) is 17.8 Å². The fourth-order valence-electron chi connectivity index (χ4n) is 4.95. The zero-order valence-corrected chi connectivity index (χ0v) is 14.6. The molecule has 3 nitrogen and oxygen atoms in total. The Morgan fingerprint density at radius 3 is 2.78 bits per heavy atom. The molecule has 126 valence electrons. The predicted octanol–water partition coefficient (Wildman–Crippen LogP) is 2.73. The van der Waals surface area contributed by atoms with Crippen molar-refractivity contribution in [2.75, 3.05) is 33.3 Å². The summed E-state index contributed by atoms with van der Waals surface area (Å²) in [5.41, 5.74) is 3.05. The third-order valence-corrected chi connectivity index (χ3v) is 6.36. The highest BCUT2D eigenvalue weighted by molar-refractivity contribution is 5.38. The van der Waals surface area contributed by atoms with Crippen molar-refractivity contribution in [2.45, 2.75) is 38.6 Å². The second kappa shape index (κ2) is 6.45. The number of aryl methyl sites for hydroxylation is 1. The van der Waals surface area contributed by atoms with E-state index in [1.165, 1.54) is 63.0 Å². The summed E-state index contributed by atoms with van der Waals surface area (Å²) in [5, 5.41) is 3.53. The molecule has 1 aromatic carbocycles. The van der Waals surface area contributed by atoms with Crippen LogP contribution in [-0.2, 0) is 12.8 Å². The van der Waals surface area contributed by atoms with Crippen LogP contribution in [0.1, 0.15) is 30.9 Å². The number of rotatable bonds is 6. The van der Waals surface area contributed by atoms with Crippen LogP contribution in [-0.4, -0.2) is 44.2 Å². The number of nitrogens with one attached hydrogen (secondary N) is 1. The molecule has 3 aliphatic rings. The Kier molecular flexibility index (Phi) is 4.33. The molecular formula is C20H30N2O. The second-order valence-electron chi connectivity index (χ2n) is 7.68. The fraction of sp³-hybridized carbons (Fsp3) is 0.700. The maximum Gasteiger partial charge on any atom is 0.119 e. The molecule has 1 heterocycles. The van der Waals surface area contributed by atoms with Gasteiger partial charge in [-0.1, -0.05) is 13.0 Å². The molecule has 0 bridgehead atoms. The second-order valence-corrected chi connectivity index (χ2v) is 7.68. The van der Waals surface area contributed by atoms with E-state index in [-0.39, 0.29) is 0 Å². The number of hydrogen-bond donors (Lipinski definition) is 1. The summed E-state index contributed by atoms with van der Waals surface area (Å²) in [4.78, 5) is 2.81. The lowest BCUT2D eigenvalue weighted by atomic mass is 9.87. The zero-order chi connectivity index (χ0) is 15.8. The van der Waals surface area contributed by atoms with Gasteiger partial charge in [-0.25, -0.2) is 0 Å². The van der Waals surface area contributed by atoms with Crippen LogP contribution in [0.25, 0.3) is 0 Å². The Bertz CT molecular complexity index is 549. The predicted molar refractivity (Wildman–Crippen MR) is 94.0 cm³/mol. The van der Waals surface area contributed by atoms with Gasteiger partial charge < -0.3 is 10.1 Å². The average molecular weight is 314 g/mol. The van der Waals surface area contributed by atoms with Crippen molar-refractivity contribution in [3.05, 3.63) is 29.3 Å². The van der Waals surface area contributed by atoms with Gasteiger partial charge in [0.25, 0.3) is 0 Å². The highest BCUT2D eigenvalue weighted by Crippen LogP contribution is 2.49. The molecule has 2 fully saturated rings. The molecule has 2 unspecified atom stereocenters. The number of ether oxygens (including phenoxy) is 1. The minimum Gasteiger partial charge on any atom is -0.497 e. The Morgan fingerprint density at radius 1 is 1.22 bits per heavy atom. The lowest BCUT2D eigenvalue weighted by Crippen LogP contribution is -2.42. The van der Waals surface area contributed by atoms with Gasteiger partial charge in [-0.3, -0.25) is 4.90 Å². The number of benzene rings is 1. The minimum atomic E-state index is 0.726. The molecule has 0 spiro atoms. The molecule has 2 aliphatic carbocycles. The van der Waals surface area contributed by atoms with E-state index in [0.717, 1.165) is 29.5 Å². The third-order valence-electron chi connectivity index (χ3n) is 6.36. The summed E-state index contributed by atoms with van der Waals surface area (Å²) < 4.78 is 5.43. The van der Waals surface area contributed by atoms with Crippen LogP contribution in [0.5, 0.6) is 5.75 Å². The van der Waals surface area contributed by atoms with Crippen molar-refractivity contribution in [3.63, 3.8) is 0 Å². The maximum absolute atomic E-state index is 5.43. The molecule has 0 aromatic heterocycles. The molecule has 1 aromatic rings. The lowest BCUT2D eigenvalue weighted by molar-refractivity contribution is 0.165. The van der Waals surface area contributed by atoms with E-state index in [1.807, 2.05) is 0 Å². The highest BCUT2D eigenvalue weighted by atomic mass is 16.5. The number of fused-ring (bicyclic) bond motifs is 2. The van der Waals surface area contributed by atoms with Gasteiger partial charge in [-0.15, -0.1) is 0 Å². The molecule has 4 rings (SSSR count). The quantitative estimate of drug-likeness (QED) is 0.874. The summed E-state index contributed by atoms with van der Waals surface area (Å²) in [5.74, 6) is 3.93. The Morgan fingerprint density at radius 2 is 2.04 bits per heavy atom. The van der Waals surface area contributed by atoms with E-state index in [9.17, 15) is 0 Å².